The molecule has 0 amide bonds. The van der Waals surface area contributed by atoms with Crippen LogP contribution in [0.5, 0.6) is 11.5 Å². The van der Waals surface area contributed by atoms with Crippen LogP contribution in [0.15, 0.2) is 30.5 Å². The van der Waals surface area contributed by atoms with Crippen molar-refractivity contribution in [3.8, 4) is 23.3 Å². The molecule has 2 aromatic rings. The molecule has 0 spiro atoms. The Morgan fingerprint density at radius 2 is 2.05 bits per heavy atom. The standard InChI is InChI=1S/C16H14F2N2O2/c1-21-7-3-2-4-11-8-15(16(19)20-10-11)22-14-6-5-12(17)9-13(14)18/h5-6,8-10H,3,7H2,1H3,(H2,19,20). The van der Waals surface area contributed by atoms with Gasteiger partial charge in [0.15, 0.2) is 23.1 Å². The maximum absolute atomic E-state index is 13.6. The quantitative estimate of drug-likeness (QED) is 0.696. The Morgan fingerprint density at radius 3 is 2.77 bits per heavy atom. The van der Waals surface area contributed by atoms with Crippen molar-refractivity contribution in [2.75, 3.05) is 19.5 Å². The van der Waals surface area contributed by atoms with E-state index in [-0.39, 0.29) is 17.3 Å². The zero-order valence-corrected chi connectivity index (χ0v) is 11.9. The first-order valence-electron chi connectivity index (χ1n) is 6.46. The van der Waals surface area contributed by atoms with Gasteiger partial charge in [-0.1, -0.05) is 11.8 Å². The van der Waals surface area contributed by atoms with Gasteiger partial charge in [-0.25, -0.2) is 13.8 Å². The summed E-state index contributed by atoms with van der Waals surface area (Å²) in [5.74, 6) is 4.37. The number of anilines is 1. The normalized spacial score (nSPS) is 9.95. The Hall–Kier alpha value is -2.65. The van der Waals surface area contributed by atoms with Gasteiger partial charge in [0.1, 0.15) is 5.82 Å². The highest BCUT2D eigenvalue weighted by molar-refractivity contribution is 5.52. The molecular formula is C16H14F2N2O2. The molecule has 22 heavy (non-hydrogen) atoms. The van der Waals surface area contributed by atoms with Gasteiger partial charge in [0.2, 0.25) is 0 Å². The largest absolute Gasteiger partial charge is 0.450 e. The van der Waals surface area contributed by atoms with Gasteiger partial charge in [0.25, 0.3) is 0 Å². The summed E-state index contributed by atoms with van der Waals surface area (Å²) in [6.45, 7) is 0.527. The van der Waals surface area contributed by atoms with E-state index in [1.54, 1.807) is 13.2 Å². The van der Waals surface area contributed by atoms with Crippen LogP contribution < -0.4 is 10.5 Å². The van der Waals surface area contributed by atoms with Crippen molar-refractivity contribution in [1.82, 2.24) is 4.98 Å². The summed E-state index contributed by atoms with van der Waals surface area (Å²) in [6.07, 6.45) is 2.06. The van der Waals surface area contributed by atoms with Crippen molar-refractivity contribution in [2.45, 2.75) is 6.42 Å². The van der Waals surface area contributed by atoms with E-state index < -0.39 is 11.6 Å². The van der Waals surface area contributed by atoms with Gasteiger partial charge in [-0.2, -0.15) is 0 Å². The molecule has 1 heterocycles. The molecule has 4 nitrogen and oxygen atoms in total. The molecule has 2 N–H and O–H groups in total. The van der Waals surface area contributed by atoms with Crippen molar-refractivity contribution < 1.29 is 18.3 Å². The Kier molecular flexibility index (Phi) is 5.28. The molecule has 0 unspecified atom stereocenters. The first-order chi connectivity index (χ1) is 10.6. The molecule has 0 aliphatic heterocycles. The molecule has 1 aromatic carbocycles. The molecule has 0 fully saturated rings. The number of aromatic nitrogens is 1. The molecule has 0 saturated heterocycles. The highest BCUT2D eigenvalue weighted by atomic mass is 19.1. The van der Waals surface area contributed by atoms with Crippen LogP contribution in [0.3, 0.4) is 0 Å². The minimum absolute atomic E-state index is 0.0890. The van der Waals surface area contributed by atoms with E-state index in [1.807, 2.05) is 0 Å². The summed E-state index contributed by atoms with van der Waals surface area (Å²) in [5.41, 5.74) is 6.26. The van der Waals surface area contributed by atoms with Gasteiger partial charge in [0.05, 0.1) is 6.61 Å². The third kappa shape index (κ3) is 4.17. The Balaban J connectivity index is 2.20. The molecule has 0 atom stereocenters. The van der Waals surface area contributed by atoms with Crippen LogP contribution in [0, 0.1) is 23.5 Å². The topological polar surface area (TPSA) is 57.4 Å². The highest BCUT2D eigenvalue weighted by Gasteiger charge is 2.09. The summed E-state index contributed by atoms with van der Waals surface area (Å²) in [7, 11) is 1.59. The van der Waals surface area contributed by atoms with Crippen molar-refractivity contribution in [2.24, 2.45) is 0 Å². The number of hydrogen-bond donors (Lipinski definition) is 1. The Morgan fingerprint density at radius 1 is 1.23 bits per heavy atom. The molecule has 6 heteroatoms. The Labute approximate surface area is 126 Å². The smallest absolute Gasteiger partial charge is 0.170 e. The molecule has 0 aliphatic rings. The number of benzene rings is 1. The summed E-state index contributed by atoms with van der Waals surface area (Å²) in [5, 5.41) is 0. The van der Waals surface area contributed by atoms with E-state index >= 15 is 0 Å². The lowest BCUT2D eigenvalue weighted by molar-refractivity contribution is 0.206. The maximum atomic E-state index is 13.6. The summed E-state index contributed by atoms with van der Waals surface area (Å²) in [6, 6.07) is 4.55. The first-order valence-corrected chi connectivity index (χ1v) is 6.46. The van der Waals surface area contributed by atoms with Crippen molar-refractivity contribution in [1.29, 1.82) is 0 Å². The van der Waals surface area contributed by atoms with E-state index in [2.05, 4.69) is 16.8 Å². The van der Waals surface area contributed by atoms with E-state index in [9.17, 15) is 8.78 Å². The number of nitrogens with zero attached hydrogens (tertiary/aromatic N) is 1. The predicted molar refractivity (Wildman–Crippen MR) is 78.5 cm³/mol. The fourth-order valence-corrected chi connectivity index (χ4v) is 1.60. The maximum Gasteiger partial charge on any atom is 0.170 e. The lowest BCUT2D eigenvalue weighted by atomic mass is 10.2. The second kappa shape index (κ2) is 7.38. The molecular weight excluding hydrogens is 290 g/mol. The van der Waals surface area contributed by atoms with Crippen LogP contribution in [-0.2, 0) is 4.74 Å². The molecule has 0 radical (unpaired) electrons. The average molecular weight is 304 g/mol. The third-order valence-electron chi connectivity index (χ3n) is 2.66. The van der Waals surface area contributed by atoms with Crippen LogP contribution in [0.2, 0.25) is 0 Å². The predicted octanol–water partition coefficient (Wildman–Crippen LogP) is 3.12. The number of hydrogen-bond acceptors (Lipinski definition) is 4. The van der Waals surface area contributed by atoms with E-state index in [0.29, 0.717) is 18.6 Å². The summed E-state index contributed by atoms with van der Waals surface area (Å²) < 4.78 is 36.7. The van der Waals surface area contributed by atoms with E-state index in [4.69, 9.17) is 15.2 Å². The molecule has 114 valence electrons. The number of halogens is 2. The summed E-state index contributed by atoms with van der Waals surface area (Å²) in [4.78, 5) is 3.94. The van der Waals surface area contributed by atoms with Gasteiger partial charge < -0.3 is 15.2 Å². The van der Waals surface area contributed by atoms with Crippen molar-refractivity contribution >= 4 is 5.82 Å². The van der Waals surface area contributed by atoms with E-state index in [1.165, 1.54) is 12.3 Å². The number of methoxy groups -OCH3 is 1. The fraction of sp³-hybridized carbons (Fsp3) is 0.188. The fourth-order valence-electron chi connectivity index (χ4n) is 1.60. The highest BCUT2D eigenvalue weighted by Crippen LogP contribution is 2.28. The monoisotopic (exact) mass is 304 g/mol. The van der Waals surface area contributed by atoms with Crippen molar-refractivity contribution in [3.05, 3.63) is 47.7 Å². The van der Waals surface area contributed by atoms with Gasteiger partial charge >= 0.3 is 0 Å². The average Bonchev–Trinajstić information content (AvgIpc) is 2.49. The van der Waals surface area contributed by atoms with Crippen molar-refractivity contribution in [3.63, 3.8) is 0 Å². The zero-order chi connectivity index (χ0) is 15.9. The van der Waals surface area contributed by atoms with Gasteiger partial charge in [-0.3, -0.25) is 0 Å². The molecule has 2 rings (SSSR count). The third-order valence-corrected chi connectivity index (χ3v) is 2.66. The Bertz CT molecular complexity index is 724. The number of nitrogens with two attached hydrogens (primary N) is 1. The summed E-state index contributed by atoms with van der Waals surface area (Å²) >= 11 is 0. The minimum atomic E-state index is -0.823. The number of rotatable bonds is 4. The van der Waals surface area contributed by atoms with E-state index in [0.717, 1.165) is 12.1 Å². The molecule has 1 aromatic heterocycles. The lowest BCUT2D eigenvalue weighted by Gasteiger charge is -2.08. The second-order valence-corrected chi connectivity index (χ2v) is 4.33. The number of pyridine rings is 1. The van der Waals surface area contributed by atoms with Crippen LogP contribution in [0.1, 0.15) is 12.0 Å². The van der Waals surface area contributed by atoms with Crippen LogP contribution in [0.25, 0.3) is 0 Å². The van der Waals surface area contributed by atoms with Gasteiger partial charge in [0, 0.05) is 37.4 Å². The van der Waals surface area contributed by atoms with Crippen LogP contribution >= 0.6 is 0 Å². The zero-order valence-electron chi connectivity index (χ0n) is 11.9. The molecule has 0 bridgehead atoms. The minimum Gasteiger partial charge on any atom is -0.450 e. The first kappa shape index (κ1) is 15.7. The number of nitrogen functional groups attached to an aromatic ring is 1. The molecule has 0 saturated carbocycles. The number of ether oxygens (including phenoxy) is 2. The van der Waals surface area contributed by atoms with Crippen LogP contribution in [0.4, 0.5) is 14.6 Å². The van der Waals surface area contributed by atoms with Crippen LogP contribution in [-0.4, -0.2) is 18.7 Å². The van der Waals surface area contributed by atoms with Gasteiger partial charge in [-0.15, -0.1) is 0 Å². The second-order valence-electron chi connectivity index (χ2n) is 4.33. The SMILES string of the molecule is COCCC#Cc1cnc(N)c(Oc2ccc(F)cc2F)c1. The lowest BCUT2D eigenvalue weighted by Crippen LogP contribution is -1.97. The molecule has 0 aliphatic carbocycles. The van der Waals surface area contributed by atoms with Gasteiger partial charge in [-0.05, 0) is 12.1 Å².